The zero-order chi connectivity index (χ0) is 45.1. The molecule has 0 aliphatic carbocycles. The number of aliphatic hydroxyl groups is 1. The van der Waals surface area contributed by atoms with Gasteiger partial charge < -0.3 is 33.0 Å². The number of aliphatic hydroxyl groups excluding tert-OH is 1. The number of phosphoric ester groups is 1. The zero-order valence-corrected chi connectivity index (χ0v) is 40.4. The molecule has 0 amide bonds. The second kappa shape index (κ2) is 41.7. The van der Waals surface area contributed by atoms with Gasteiger partial charge in [-0.1, -0.05) is 158 Å². The highest BCUT2D eigenvalue weighted by atomic mass is 31.2. The predicted octanol–water partition coefficient (Wildman–Crippen LogP) is 12.4. The maximum atomic E-state index is 12.7. The molecule has 0 saturated carbocycles. The van der Waals surface area contributed by atoms with Crippen molar-refractivity contribution in [1.29, 1.82) is 0 Å². The average Bonchev–Trinajstić information content (AvgIpc) is 3.20. The number of carbonyl (C=O) groups excluding carboxylic acids is 2. The van der Waals surface area contributed by atoms with Crippen molar-refractivity contribution in [3.8, 4) is 0 Å². The van der Waals surface area contributed by atoms with Crippen molar-refractivity contribution < 1.29 is 47.2 Å². The van der Waals surface area contributed by atoms with Crippen molar-refractivity contribution in [2.75, 3.05) is 47.5 Å². The third-order valence-corrected chi connectivity index (χ3v) is 11.0. The summed E-state index contributed by atoms with van der Waals surface area (Å²) in [5.74, 6) is -0.923. The number of ether oxygens (including phenoxy) is 2. The Labute approximate surface area is 373 Å². The summed E-state index contributed by atoms with van der Waals surface area (Å²) in [5, 5.41) is 9.74. The fourth-order valence-electron chi connectivity index (χ4n) is 6.30. The van der Waals surface area contributed by atoms with Crippen LogP contribution in [0.1, 0.15) is 187 Å². The summed E-state index contributed by atoms with van der Waals surface area (Å²) in [7, 11) is 1.11. The number of esters is 2. The van der Waals surface area contributed by atoms with Gasteiger partial charge in [0.05, 0.1) is 33.9 Å². The first-order valence-electron chi connectivity index (χ1n) is 24.1. The maximum Gasteiger partial charge on any atom is 0.306 e. The number of rotatable bonds is 43. The number of hydrogen-bond acceptors (Lipinski definition) is 9. The highest BCUT2D eigenvalue weighted by Gasteiger charge is 2.21. The molecule has 0 spiro atoms. The molecule has 354 valence electrons. The Balaban J connectivity index is 4.41. The molecule has 61 heavy (non-hydrogen) atoms. The van der Waals surface area contributed by atoms with Gasteiger partial charge in [0.15, 0.2) is 6.10 Å². The Morgan fingerprint density at radius 2 is 1.07 bits per heavy atom. The standard InChI is InChI=1S/C50H90NO9P/c1-6-8-9-10-11-12-13-14-15-16-17-18-19-22-26-29-32-35-38-42-50(54)60-48(46-59-61(55,56)58-44-43-51(3,4)5)45-57-49(53)41-37-34-31-28-25-23-20-21-24-27-30-33-36-40-47(52)39-7-2/h14-15,20,23-24,27-28,31,33,36,47-48,52H,6-13,16-19,21-22,25-26,29-30,32,34-35,37-46H2,1-5H3/b15-14-,23-20-,27-24-,31-28-,36-33-/t47?,48-/m1/s1. The van der Waals surface area contributed by atoms with Crippen LogP contribution in [0.15, 0.2) is 60.8 Å². The topological polar surface area (TPSA) is 131 Å². The Kier molecular flexibility index (Phi) is 40.1. The Bertz CT molecular complexity index is 1240. The average molecular weight is 880 g/mol. The third kappa shape index (κ3) is 45.5. The molecule has 2 unspecified atom stereocenters. The van der Waals surface area contributed by atoms with Crippen LogP contribution < -0.4 is 4.89 Å². The Morgan fingerprint density at radius 1 is 0.590 bits per heavy atom. The normalized spacial score (nSPS) is 14.5. The van der Waals surface area contributed by atoms with Crippen molar-refractivity contribution in [2.24, 2.45) is 0 Å². The van der Waals surface area contributed by atoms with Gasteiger partial charge >= 0.3 is 11.9 Å². The summed E-state index contributed by atoms with van der Waals surface area (Å²) in [4.78, 5) is 37.6. The monoisotopic (exact) mass is 880 g/mol. The van der Waals surface area contributed by atoms with Gasteiger partial charge in [0.25, 0.3) is 7.82 Å². The van der Waals surface area contributed by atoms with E-state index < -0.39 is 32.5 Å². The van der Waals surface area contributed by atoms with Crippen LogP contribution in [0.25, 0.3) is 0 Å². The van der Waals surface area contributed by atoms with Gasteiger partial charge in [-0.3, -0.25) is 14.2 Å². The largest absolute Gasteiger partial charge is 0.756 e. The molecular weight excluding hydrogens is 790 g/mol. The summed E-state index contributed by atoms with van der Waals surface area (Å²) >= 11 is 0. The number of carbonyl (C=O) groups is 2. The number of hydrogen-bond donors (Lipinski definition) is 1. The number of quaternary nitrogens is 1. The van der Waals surface area contributed by atoms with E-state index in [9.17, 15) is 24.2 Å². The number of phosphoric acid groups is 1. The molecule has 1 N–H and O–H groups in total. The summed E-state index contributed by atoms with van der Waals surface area (Å²) in [6.07, 6.45) is 47.4. The molecule has 0 aromatic carbocycles. The van der Waals surface area contributed by atoms with Crippen molar-refractivity contribution in [1.82, 2.24) is 0 Å². The number of allylic oxidation sites excluding steroid dienone is 9. The van der Waals surface area contributed by atoms with E-state index >= 15 is 0 Å². The lowest BCUT2D eigenvalue weighted by atomic mass is 10.1. The van der Waals surface area contributed by atoms with E-state index in [0.717, 1.165) is 51.4 Å². The maximum absolute atomic E-state index is 12.7. The van der Waals surface area contributed by atoms with Crippen LogP contribution in [0.4, 0.5) is 0 Å². The van der Waals surface area contributed by atoms with Crippen molar-refractivity contribution in [3.63, 3.8) is 0 Å². The lowest BCUT2D eigenvalue weighted by Crippen LogP contribution is -2.37. The van der Waals surface area contributed by atoms with Gasteiger partial charge in [-0.25, -0.2) is 0 Å². The van der Waals surface area contributed by atoms with Gasteiger partial charge in [0.1, 0.15) is 19.8 Å². The Hall–Kier alpha value is -2.33. The quantitative estimate of drug-likeness (QED) is 0.0209. The van der Waals surface area contributed by atoms with Gasteiger partial charge in [-0.05, 0) is 77.0 Å². The van der Waals surface area contributed by atoms with Crippen LogP contribution in [-0.2, 0) is 32.7 Å². The van der Waals surface area contributed by atoms with E-state index in [-0.39, 0.29) is 32.2 Å². The fourth-order valence-corrected chi connectivity index (χ4v) is 7.03. The molecule has 0 aromatic rings. The summed E-state index contributed by atoms with van der Waals surface area (Å²) in [6, 6.07) is 0. The highest BCUT2D eigenvalue weighted by Crippen LogP contribution is 2.38. The number of unbranched alkanes of at least 4 members (excludes halogenated alkanes) is 16. The molecule has 0 rings (SSSR count). The molecule has 0 radical (unpaired) electrons. The van der Waals surface area contributed by atoms with Crippen LogP contribution in [0.3, 0.4) is 0 Å². The molecule has 10 nitrogen and oxygen atoms in total. The lowest BCUT2D eigenvalue weighted by molar-refractivity contribution is -0.870. The van der Waals surface area contributed by atoms with E-state index in [4.69, 9.17) is 18.5 Å². The molecule has 3 atom stereocenters. The molecule has 0 aliphatic rings. The molecule has 0 fully saturated rings. The van der Waals surface area contributed by atoms with Crippen LogP contribution in [0.5, 0.6) is 0 Å². The predicted molar refractivity (Wildman–Crippen MR) is 251 cm³/mol. The van der Waals surface area contributed by atoms with E-state index in [1.165, 1.54) is 83.5 Å². The first kappa shape index (κ1) is 58.7. The zero-order valence-electron chi connectivity index (χ0n) is 39.5. The first-order valence-corrected chi connectivity index (χ1v) is 25.5. The SMILES string of the molecule is CCCCCCCC/C=C\CCCCCCCCCCCC(=O)O[C@H](COC(=O)CCC/C=C\C/C=C\C/C=C\C/C=C\CC(O)CCC)COP(=O)([O-])OCC[N+](C)(C)C. The first-order chi connectivity index (χ1) is 29.4. The smallest absolute Gasteiger partial charge is 0.306 e. The minimum atomic E-state index is -4.65. The second-order valence-electron chi connectivity index (χ2n) is 17.3. The molecule has 11 heteroatoms. The van der Waals surface area contributed by atoms with Crippen LogP contribution in [0.2, 0.25) is 0 Å². The van der Waals surface area contributed by atoms with E-state index in [1.807, 2.05) is 33.3 Å². The van der Waals surface area contributed by atoms with Crippen LogP contribution >= 0.6 is 7.82 Å². The van der Waals surface area contributed by atoms with Crippen molar-refractivity contribution in [2.45, 2.75) is 199 Å². The summed E-state index contributed by atoms with van der Waals surface area (Å²) < 4.78 is 33.9. The second-order valence-corrected chi connectivity index (χ2v) is 18.7. The minimum absolute atomic E-state index is 0.0479. The summed E-state index contributed by atoms with van der Waals surface area (Å²) in [6.45, 7) is 3.95. The number of nitrogens with zero attached hydrogens (tertiary/aromatic N) is 1. The van der Waals surface area contributed by atoms with Gasteiger partial charge in [0, 0.05) is 12.8 Å². The summed E-state index contributed by atoms with van der Waals surface area (Å²) in [5.41, 5.74) is 0. The fraction of sp³-hybridized carbons (Fsp3) is 0.760. The van der Waals surface area contributed by atoms with E-state index in [1.54, 1.807) is 0 Å². The molecule has 0 aromatic heterocycles. The van der Waals surface area contributed by atoms with Crippen LogP contribution in [-0.4, -0.2) is 81.2 Å². The highest BCUT2D eigenvalue weighted by molar-refractivity contribution is 7.45. The Morgan fingerprint density at radius 3 is 1.62 bits per heavy atom. The lowest BCUT2D eigenvalue weighted by Gasteiger charge is -2.28. The van der Waals surface area contributed by atoms with Crippen molar-refractivity contribution in [3.05, 3.63) is 60.8 Å². The van der Waals surface area contributed by atoms with Gasteiger partial charge in [-0.15, -0.1) is 0 Å². The molecule has 0 saturated heterocycles. The number of likely N-dealkylation sites (N-methyl/N-ethyl adjacent to an activating group) is 1. The van der Waals surface area contributed by atoms with E-state index in [2.05, 4.69) is 62.5 Å². The third-order valence-electron chi connectivity index (χ3n) is 10.1. The molecule has 0 bridgehead atoms. The van der Waals surface area contributed by atoms with Crippen LogP contribution in [0, 0.1) is 0 Å². The molecule has 0 heterocycles. The van der Waals surface area contributed by atoms with Crippen molar-refractivity contribution >= 4 is 19.8 Å². The molecule has 0 aliphatic heterocycles. The van der Waals surface area contributed by atoms with Gasteiger partial charge in [-0.2, -0.15) is 0 Å². The molecular formula is C50H90NO9P. The van der Waals surface area contributed by atoms with E-state index in [0.29, 0.717) is 36.7 Å². The van der Waals surface area contributed by atoms with Gasteiger partial charge in [0.2, 0.25) is 0 Å². The minimum Gasteiger partial charge on any atom is -0.756 e.